The lowest BCUT2D eigenvalue weighted by molar-refractivity contribution is -0.132. The summed E-state index contributed by atoms with van der Waals surface area (Å²) in [4.78, 5) is 10.2. The highest BCUT2D eigenvalue weighted by Gasteiger charge is 1.98. The van der Waals surface area contributed by atoms with Crippen molar-refractivity contribution in [3.05, 3.63) is 37.0 Å². The van der Waals surface area contributed by atoms with Crippen LogP contribution < -0.4 is 0 Å². The molecular formula is C9H12O2. The normalized spacial score (nSPS) is 9.82. The average molecular weight is 152 g/mol. The summed E-state index contributed by atoms with van der Waals surface area (Å²) in [7, 11) is 0. The molecule has 0 fully saturated rings. The van der Waals surface area contributed by atoms with Gasteiger partial charge in [-0.05, 0) is 12.8 Å². The van der Waals surface area contributed by atoms with E-state index in [4.69, 9.17) is 5.11 Å². The summed E-state index contributed by atoms with van der Waals surface area (Å²) in [6, 6.07) is 0. The fourth-order valence-electron chi connectivity index (χ4n) is 0.505. The van der Waals surface area contributed by atoms with E-state index in [-0.39, 0.29) is 5.57 Å². The quantitative estimate of drug-likeness (QED) is 0.484. The Balaban J connectivity index is 3.61. The minimum absolute atomic E-state index is 0.213. The Morgan fingerprint density at radius 3 is 2.55 bits per heavy atom. The molecular weight excluding hydrogens is 140 g/mol. The maximum Gasteiger partial charge on any atom is 0.331 e. The minimum atomic E-state index is -0.937. The van der Waals surface area contributed by atoms with Crippen LogP contribution in [0, 0.1) is 0 Å². The largest absolute Gasteiger partial charge is 0.478 e. The zero-order chi connectivity index (χ0) is 8.69. The molecule has 0 saturated carbocycles. The molecule has 0 saturated heterocycles. The Kier molecular flexibility index (Phi) is 4.82. The number of allylic oxidation sites excluding steroid dienone is 3. The number of carboxylic acid groups (broad SMARTS) is 1. The third-order valence-electron chi connectivity index (χ3n) is 1.14. The molecule has 1 N–H and O–H groups in total. The van der Waals surface area contributed by atoms with E-state index in [9.17, 15) is 4.79 Å². The Morgan fingerprint density at radius 1 is 1.45 bits per heavy atom. The molecule has 0 atom stereocenters. The topological polar surface area (TPSA) is 37.3 Å². The minimum Gasteiger partial charge on any atom is -0.478 e. The van der Waals surface area contributed by atoms with Crippen LogP contribution in [0.2, 0.25) is 0 Å². The van der Waals surface area contributed by atoms with Gasteiger partial charge in [-0.3, -0.25) is 0 Å². The Bertz CT molecular complexity index is 190. The molecule has 0 aromatic rings. The molecule has 0 amide bonds. The molecule has 0 spiro atoms. The van der Waals surface area contributed by atoms with E-state index < -0.39 is 5.97 Å². The molecule has 0 aliphatic rings. The van der Waals surface area contributed by atoms with Gasteiger partial charge >= 0.3 is 5.97 Å². The maximum absolute atomic E-state index is 10.2. The summed E-state index contributed by atoms with van der Waals surface area (Å²) in [5, 5.41) is 8.38. The second-order valence-corrected chi connectivity index (χ2v) is 2.11. The summed E-state index contributed by atoms with van der Waals surface area (Å²) in [6.07, 6.45) is 6.56. The lowest BCUT2D eigenvalue weighted by Gasteiger charge is -1.91. The Labute approximate surface area is 66.5 Å². The molecule has 0 aromatic carbocycles. The van der Waals surface area contributed by atoms with Gasteiger partial charge in [0.05, 0.1) is 0 Å². The molecule has 0 aliphatic heterocycles. The first-order chi connectivity index (χ1) is 5.18. The van der Waals surface area contributed by atoms with Gasteiger partial charge in [-0.2, -0.15) is 0 Å². The van der Waals surface area contributed by atoms with Gasteiger partial charge in [0.15, 0.2) is 0 Å². The van der Waals surface area contributed by atoms with Crippen molar-refractivity contribution in [2.75, 3.05) is 0 Å². The summed E-state index contributed by atoms with van der Waals surface area (Å²) >= 11 is 0. The van der Waals surface area contributed by atoms with Crippen LogP contribution in [0.4, 0.5) is 0 Å². The molecule has 0 unspecified atom stereocenters. The standard InChI is InChI=1S/C9H12O2/c1-3-4-5-6-7-8(2)9(10)11/h3,5-6H,1-2,4,7H2,(H,10,11)/b6-5+. The number of rotatable bonds is 5. The number of carbonyl (C=O) groups is 1. The lowest BCUT2D eigenvalue weighted by atomic mass is 10.2. The van der Waals surface area contributed by atoms with E-state index >= 15 is 0 Å². The first-order valence-corrected chi connectivity index (χ1v) is 3.35. The molecule has 0 radical (unpaired) electrons. The van der Waals surface area contributed by atoms with E-state index in [0.29, 0.717) is 6.42 Å². The monoisotopic (exact) mass is 152 g/mol. The summed E-state index contributed by atoms with van der Waals surface area (Å²) in [6.45, 7) is 6.90. The molecule has 0 bridgehead atoms. The third kappa shape index (κ3) is 5.15. The number of carboxylic acids is 1. The van der Waals surface area contributed by atoms with Gasteiger partial charge in [-0.25, -0.2) is 4.79 Å². The van der Waals surface area contributed by atoms with Gasteiger partial charge in [0.2, 0.25) is 0 Å². The highest BCUT2D eigenvalue weighted by atomic mass is 16.4. The van der Waals surface area contributed by atoms with Crippen molar-refractivity contribution in [1.82, 2.24) is 0 Å². The predicted molar refractivity (Wildman–Crippen MR) is 45.3 cm³/mol. The average Bonchev–Trinajstić information content (AvgIpc) is 1.97. The smallest absolute Gasteiger partial charge is 0.331 e. The second-order valence-electron chi connectivity index (χ2n) is 2.11. The molecule has 60 valence electrons. The maximum atomic E-state index is 10.2. The van der Waals surface area contributed by atoms with Crippen LogP contribution in [-0.2, 0) is 4.79 Å². The number of hydrogen-bond donors (Lipinski definition) is 1. The third-order valence-corrected chi connectivity index (χ3v) is 1.14. The van der Waals surface area contributed by atoms with Crippen LogP contribution in [0.25, 0.3) is 0 Å². The zero-order valence-electron chi connectivity index (χ0n) is 6.42. The first kappa shape index (κ1) is 9.69. The fourth-order valence-corrected chi connectivity index (χ4v) is 0.505. The molecule has 0 aromatic heterocycles. The second kappa shape index (κ2) is 5.47. The number of aliphatic carboxylic acids is 1. The van der Waals surface area contributed by atoms with Crippen molar-refractivity contribution >= 4 is 5.97 Å². The lowest BCUT2D eigenvalue weighted by Crippen LogP contribution is -1.96. The highest BCUT2D eigenvalue weighted by molar-refractivity contribution is 5.85. The van der Waals surface area contributed by atoms with E-state index in [2.05, 4.69) is 13.2 Å². The SMILES string of the molecule is C=CC/C=C/CC(=C)C(=O)O. The van der Waals surface area contributed by atoms with Crippen LogP contribution >= 0.6 is 0 Å². The van der Waals surface area contributed by atoms with Crippen LogP contribution in [0.5, 0.6) is 0 Å². The molecule has 2 heteroatoms. The van der Waals surface area contributed by atoms with Gasteiger partial charge in [0.25, 0.3) is 0 Å². The van der Waals surface area contributed by atoms with E-state index in [1.165, 1.54) is 0 Å². The summed E-state index contributed by atoms with van der Waals surface area (Å²) in [5.74, 6) is -0.937. The molecule has 11 heavy (non-hydrogen) atoms. The van der Waals surface area contributed by atoms with Crippen molar-refractivity contribution in [2.24, 2.45) is 0 Å². The molecule has 0 aliphatic carbocycles. The molecule has 2 nitrogen and oxygen atoms in total. The van der Waals surface area contributed by atoms with Crippen LogP contribution in [-0.4, -0.2) is 11.1 Å². The molecule has 0 heterocycles. The van der Waals surface area contributed by atoms with E-state index in [0.717, 1.165) is 6.42 Å². The van der Waals surface area contributed by atoms with Crippen LogP contribution in [0.1, 0.15) is 12.8 Å². The van der Waals surface area contributed by atoms with Gasteiger partial charge in [-0.1, -0.05) is 24.8 Å². The fraction of sp³-hybridized carbons (Fsp3) is 0.222. The van der Waals surface area contributed by atoms with Crippen LogP contribution in [0.3, 0.4) is 0 Å². The summed E-state index contributed by atoms with van der Waals surface area (Å²) < 4.78 is 0. The van der Waals surface area contributed by atoms with E-state index in [1.54, 1.807) is 12.2 Å². The van der Waals surface area contributed by atoms with Crippen molar-refractivity contribution in [3.63, 3.8) is 0 Å². The molecule has 0 rings (SSSR count). The highest BCUT2D eigenvalue weighted by Crippen LogP contribution is 1.99. The predicted octanol–water partition coefficient (Wildman–Crippen LogP) is 2.15. The van der Waals surface area contributed by atoms with Crippen molar-refractivity contribution < 1.29 is 9.90 Å². The van der Waals surface area contributed by atoms with Gasteiger partial charge in [0.1, 0.15) is 0 Å². The Hall–Kier alpha value is -1.31. The van der Waals surface area contributed by atoms with Gasteiger partial charge in [0, 0.05) is 5.57 Å². The van der Waals surface area contributed by atoms with Gasteiger partial charge in [-0.15, -0.1) is 6.58 Å². The van der Waals surface area contributed by atoms with Crippen molar-refractivity contribution in [1.29, 1.82) is 0 Å². The zero-order valence-corrected chi connectivity index (χ0v) is 6.42. The van der Waals surface area contributed by atoms with Crippen molar-refractivity contribution in [3.8, 4) is 0 Å². The number of hydrogen-bond acceptors (Lipinski definition) is 1. The Morgan fingerprint density at radius 2 is 2.09 bits per heavy atom. The summed E-state index contributed by atoms with van der Waals surface area (Å²) in [5.41, 5.74) is 0.213. The van der Waals surface area contributed by atoms with Crippen molar-refractivity contribution in [2.45, 2.75) is 12.8 Å². The first-order valence-electron chi connectivity index (χ1n) is 3.35. The van der Waals surface area contributed by atoms with E-state index in [1.807, 2.05) is 6.08 Å². The van der Waals surface area contributed by atoms with Crippen LogP contribution in [0.15, 0.2) is 37.0 Å². The van der Waals surface area contributed by atoms with Gasteiger partial charge < -0.3 is 5.11 Å².